The molecule has 2 aromatic rings. The zero-order chi connectivity index (χ0) is 11.5. The van der Waals surface area contributed by atoms with Crippen molar-refractivity contribution in [3.05, 3.63) is 36.3 Å². The minimum atomic E-state index is -0.246. The third-order valence-electron chi connectivity index (χ3n) is 2.15. The van der Waals surface area contributed by atoms with Crippen molar-refractivity contribution in [2.24, 2.45) is 5.73 Å². The Hall–Kier alpha value is -2.01. The molecule has 0 amide bonds. The summed E-state index contributed by atoms with van der Waals surface area (Å²) in [5, 5.41) is 16.9. The molecule has 1 atom stereocenters. The number of rotatable bonds is 2. The average molecular weight is 216 g/mol. The molecule has 5 nitrogen and oxygen atoms in total. The highest BCUT2D eigenvalue weighted by Crippen LogP contribution is 2.19. The van der Waals surface area contributed by atoms with Gasteiger partial charge < -0.3 is 10.8 Å². The summed E-state index contributed by atoms with van der Waals surface area (Å²) in [6.45, 7) is 1.80. The van der Waals surface area contributed by atoms with Crippen molar-refractivity contribution in [2.75, 3.05) is 0 Å². The highest BCUT2D eigenvalue weighted by Gasteiger charge is 2.06. The standard InChI is InChI=1S/C11H12N4O/c1-7(12)11-14-10(6-13-15-11)8-2-4-9(16)5-3-8/h2-7,16H,12H2,1H3. The van der Waals surface area contributed by atoms with Crippen LogP contribution >= 0.6 is 0 Å². The Morgan fingerprint density at radius 3 is 2.56 bits per heavy atom. The van der Waals surface area contributed by atoms with Crippen LogP contribution in [0.15, 0.2) is 30.5 Å². The second-order valence-electron chi connectivity index (χ2n) is 3.54. The van der Waals surface area contributed by atoms with Crippen LogP contribution in [0.4, 0.5) is 0 Å². The molecule has 0 saturated heterocycles. The number of phenolic OH excluding ortho intramolecular Hbond substituents is 1. The second-order valence-corrected chi connectivity index (χ2v) is 3.54. The first-order chi connectivity index (χ1) is 7.66. The maximum atomic E-state index is 9.18. The van der Waals surface area contributed by atoms with Gasteiger partial charge in [0.15, 0.2) is 5.82 Å². The summed E-state index contributed by atoms with van der Waals surface area (Å²) in [5.41, 5.74) is 7.25. The van der Waals surface area contributed by atoms with Crippen molar-refractivity contribution in [2.45, 2.75) is 13.0 Å². The van der Waals surface area contributed by atoms with Gasteiger partial charge in [-0.3, -0.25) is 0 Å². The topological polar surface area (TPSA) is 84.9 Å². The third-order valence-corrected chi connectivity index (χ3v) is 2.15. The molecule has 0 fully saturated rings. The molecular formula is C11H12N4O. The molecule has 0 aliphatic heterocycles. The van der Waals surface area contributed by atoms with E-state index in [2.05, 4.69) is 15.2 Å². The monoisotopic (exact) mass is 216 g/mol. The molecule has 0 radical (unpaired) electrons. The van der Waals surface area contributed by atoms with Gasteiger partial charge in [-0.15, -0.1) is 5.10 Å². The Bertz CT molecular complexity index is 482. The number of nitrogens with two attached hydrogens (primary N) is 1. The fraction of sp³-hybridized carbons (Fsp3) is 0.182. The van der Waals surface area contributed by atoms with Gasteiger partial charge in [-0.2, -0.15) is 5.10 Å². The van der Waals surface area contributed by atoms with Crippen molar-refractivity contribution in [3.8, 4) is 17.0 Å². The van der Waals surface area contributed by atoms with Gasteiger partial charge in [0.05, 0.1) is 17.9 Å². The largest absolute Gasteiger partial charge is 0.508 e. The molecule has 0 spiro atoms. The van der Waals surface area contributed by atoms with Crippen LogP contribution in [-0.2, 0) is 0 Å². The van der Waals surface area contributed by atoms with Crippen molar-refractivity contribution >= 4 is 0 Å². The predicted octanol–water partition coefficient (Wildman–Crippen LogP) is 1.26. The molecule has 16 heavy (non-hydrogen) atoms. The fourth-order valence-corrected chi connectivity index (χ4v) is 1.28. The maximum Gasteiger partial charge on any atom is 0.168 e. The van der Waals surface area contributed by atoms with Gasteiger partial charge in [-0.1, -0.05) is 0 Å². The summed E-state index contributed by atoms with van der Waals surface area (Å²) in [5.74, 6) is 0.726. The molecule has 1 heterocycles. The quantitative estimate of drug-likeness (QED) is 0.789. The normalized spacial score (nSPS) is 12.4. The van der Waals surface area contributed by atoms with Crippen LogP contribution in [-0.4, -0.2) is 20.3 Å². The van der Waals surface area contributed by atoms with Gasteiger partial charge in [-0.25, -0.2) is 4.98 Å². The molecular weight excluding hydrogens is 204 g/mol. The van der Waals surface area contributed by atoms with E-state index in [4.69, 9.17) is 5.73 Å². The number of benzene rings is 1. The van der Waals surface area contributed by atoms with Crippen molar-refractivity contribution < 1.29 is 5.11 Å². The Balaban J connectivity index is 2.40. The van der Waals surface area contributed by atoms with E-state index < -0.39 is 0 Å². The molecule has 1 unspecified atom stereocenters. The van der Waals surface area contributed by atoms with Gasteiger partial charge >= 0.3 is 0 Å². The smallest absolute Gasteiger partial charge is 0.168 e. The lowest BCUT2D eigenvalue weighted by molar-refractivity contribution is 0.475. The average Bonchev–Trinajstić information content (AvgIpc) is 2.30. The Kier molecular flexibility index (Phi) is 2.78. The molecule has 2 rings (SSSR count). The van der Waals surface area contributed by atoms with Crippen LogP contribution in [0.25, 0.3) is 11.3 Å². The van der Waals surface area contributed by atoms with Crippen LogP contribution in [0.3, 0.4) is 0 Å². The minimum Gasteiger partial charge on any atom is -0.508 e. The van der Waals surface area contributed by atoms with E-state index in [1.54, 1.807) is 37.4 Å². The fourth-order valence-electron chi connectivity index (χ4n) is 1.28. The van der Waals surface area contributed by atoms with E-state index in [-0.39, 0.29) is 11.8 Å². The summed E-state index contributed by atoms with van der Waals surface area (Å²) >= 11 is 0. The summed E-state index contributed by atoms with van der Waals surface area (Å²) in [6.07, 6.45) is 1.57. The first-order valence-corrected chi connectivity index (χ1v) is 4.91. The van der Waals surface area contributed by atoms with Crippen LogP contribution in [0.2, 0.25) is 0 Å². The number of aromatic nitrogens is 3. The molecule has 0 aliphatic carbocycles. The number of aromatic hydroxyl groups is 1. The number of nitrogens with zero attached hydrogens (tertiary/aromatic N) is 3. The number of hydrogen-bond acceptors (Lipinski definition) is 5. The first kappa shape index (κ1) is 10.5. The molecule has 0 aliphatic rings. The lowest BCUT2D eigenvalue weighted by Gasteiger charge is -2.05. The minimum absolute atomic E-state index is 0.221. The summed E-state index contributed by atoms with van der Waals surface area (Å²) in [4.78, 5) is 4.29. The lowest BCUT2D eigenvalue weighted by Crippen LogP contribution is -2.11. The third kappa shape index (κ3) is 2.14. The molecule has 1 aromatic carbocycles. The highest BCUT2D eigenvalue weighted by molar-refractivity contribution is 5.58. The van der Waals surface area contributed by atoms with Crippen molar-refractivity contribution in [1.29, 1.82) is 0 Å². The molecule has 1 aromatic heterocycles. The molecule has 0 saturated carbocycles. The van der Waals surface area contributed by atoms with E-state index in [0.29, 0.717) is 11.5 Å². The van der Waals surface area contributed by atoms with E-state index in [1.165, 1.54) is 0 Å². The molecule has 0 bridgehead atoms. The first-order valence-electron chi connectivity index (χ1n) is 4.91. The summed E-state index contributed by atoms with van der Waals surface area (Å²) in [7, 11) is 0. The molecule has 3 N–H and O–H groups in total. The number of phenols is 1. The zero-order valence-corrected chi connectivity index (χ0v) is 8.83. The van der Waals surface area contributed by atoms with Crippen LogP contribution in [0, 0.1) is 0 Å². The van der Waals surface area contributed by atoms with Crippen molar-refractivity contribution in [3.63, 3.8) is 0 Å². The zero-order valence-electron chi connectivity index (χ0n) is 8.83. The van der Waals surface area contributed by atoms with Crippen LogP contribution in [0.5, 0.6) is 5.75 Å². The van der Waals surface area contributed by atoms with E-state index in [1.807, 2.05) is 0 Å². The van der Waals surface area contributed by atoms with E-state index >= 15 is 0 Å². The Labute approximate surface area is 93.0 Å². The van der Waals surface area contributed by atoms with Crippen LogP contribution < -0.4 is 5.73 Å². The Morgan fingerprint density at radius 2 is 1.94 bits per heavy atom. The predicted molar refractivity (Wildman–Crippen MR) is 59.5 cm³/mol. The van der Waals surface area contributed by atoms with Crippen molar-refractivity contribution in [1.82, 2.24) is 15.2 Å². The SMILES string of the molecule is CC(N)c1nncc(-c2ccc(O)cc2)n1. The molecule has 5 heteroatoms. The van der Waals surface area contributed by atoms with Gasteiger partial charge in [-0.05, 0) is 31.2 Å². The highest BCUT2D eigenvalue weighted by atomic mass is 16.3. The van der Waals surface area contributed by atoms with Gasteiger partial charge in [0.25, 0.3) is 0 Å². The van der Waals surface area contributed by atoms with Gasteiger partial charge in [0, 0.05) is 5.56 Å². The Morgan fingerprint density at radius 1 is 1.25 bits per heavy atom. The number of hydrogen-bond donors (Lipinski definition) is 2. The second kappa shape index (κ2) is 4.24. The summed E-state index contributed by atoms with van der Waals surface area (Å²) < 4.78 is 0. The summed E-state index contributed by atoms with van der Waals surface area (Å²) in [6, 6.07) is 6.49. The van der Waals surface area contributed by atoms with E-state index in [9.17, 15) is 5.11 Å². The van der Waals surface area contributed by atoms with Gasteiger partial charge in [0.2, 0.25) is 0 Å². The lowest BCUT2D eigenvalue weighted by atomic mass is 10.1. The maximum absolute atomic E-state index is 9.18. The van der Waals surface area contributed by atoms with E-state index in [0.717, 1.165) is 5.56 Å². The van der Waals surface area contributed by atoms with Crippen LogP contribution in [0.1, 0.15) is 18.8 Å². The molecule has 82 valence electrons. The van der Waals surface area contributed by atoms with Gasteiger partial charge in [0.1, 0.15) is 5.75 Å².